The highest BCUT2D eigenvalue weighted by Crippen LogP contribution is 2.37. The molecule has 1 fully saturated rings. The summed E-state index contributed by atoms with van der Waals surface area (Å²) >= 11 is 0. The van der Waals surface area contributed by atoms with Crippen LogP contribution in [0.1, 0.15) is 29.3 Å². The lowest BCUT2D eigenvalue weighted by Gasteiger charge is -2.44. The highest BCUT2D eigenvalue weighted by Gasteiger charge is 2.31. The van der Waals surface area contributed by atoms with Crippen LogP contribution in [-0.2, 0) is 13.1 Å². The van der Waals surface area contributed by atoms with Gasteiger partial charge in [-0.3, -0.25) is 9.80 Å². The van der Waals surface area contributed by atoms with Crippen LogP contribution in [-0.4, -0.2) is 50.6 Å². The van der Waals surface area contributed by atoms with Gasteiger partial charge >= 0.3 is 0 Å². The molecular formula is C28H31N3O4. The van der Waals surface area contributed by atoms with Crippen molar-refractivity contribution in [3.8, 4) is 23.0 Å². The molecule has 0 saturated carbocycles. The molecule has 0 spiro atoms. The van der Waals surface area contributed by atoms with Gasteiger partial charge in [-0.1, -0.05) is 24.3 Å². The van der Waals surface area contributed by atoms with E-state index in [1.807, 2.05) is 12.1 Å². The van der Waals surface area contributed by atoms with E-state index in [0.29, 0.717) is 13.6 Å². The van der Waals surface area contributed by atoms with Crippen molar-refractivity contribution in [2.24, 2.45) is 0 Å². The lowest BCUT2D eigenvalue weighted by Crippen LogP contribution is -2.46. The van der Waals surface area contributed by atoms with Crippen LogP contribution in [0.15, 0.2) is 60.7 Å². The first-order valence-electron chi connectivity index (χ1n) is 12.2. The number of ether oxygens (including phenoxy) is 4. The molecule has 0 bridgehead atoms. The lowest BCUT2D eigenvalue weighted by atomic mass is 10.0. The fraction of sp³-hybridized carbons (Fsp3) is 0.357. The quantitative estimate of drug-likeness (QED) is 0.518. The van der Waals surface area contributed by atoms with E-state index >= 15 is 0 Å². The predicted molar refractivity (Wildman–Crippen MR) is 134 cm³/mol. The Kier molecular flexibility index (Phi) is 5.88. The topological polar surface area (TPSA) is 46.6 Å². The molecule has 0 unspecified atom stereocenters. The number of benzene rings is 3. The summed E-state index contributed by atoms with van der Waals surface area (Å²) in [6.07, 6.45) is 1.28. The number of fused-ring (bicyclic) bond motifs is 2. The van der Waals surface area contributed by atoms with Crippen molar-refractivity contribution in [1.82, 2.24) is 9.80 Å². The number of rotatable bonds is 6. The summed E-state index contributed by atoms with van der Waals surface area (Å²) in [5.74, 6) is 3.33. The Hall–Kier alpha value is -3.42. The third-order valence-electron chi connectivity index (χ3n) is 6.94. The molecule has 7 nitrogen and oxygen atoms in total. The van der Waals surface area contributed by atoms with E-state index in [1.54, 1.807) is 0 Å². The average Bonchev–Trinajstić information content (AvgIpc) is 3.53. The van der Waals surface area contributed by atoms with Crippen LogP contribution in [0.3, 0.4) is 0 Å². The molecule has 3 heterocycles. The molecule has 6 rings (SSSR count). The second-order valence-electron chi connectivity index (χ2n) is 9.53. The van der Waals surface area contributed by atoms with E-state index in [2.05, 4.69) is 77.3 Å². The number of hydrogen-bond donors (Lipinski definition) is 0. The molecule has 0 amide bonds. The maximum Gasteiger partial charge on any atom is 0.231 e. The largest absolute Gasteiger partial charge is 0.454 e. The first kappa shape index (κ1) is 22.1. The highest BCUT2D eigenvalue weighted by atomic mass is 16.7. The molecule has 0 aromatic heterocycles. The summed E-state index contributed by atoms with van der Waals surface area (Å²) in [5.41, 5.74) is 4.97. The van der Waals surface area contributed by atoms with Gasteiger partial charge in [0, 0.05) is 46.0 Å². The normalized spacial score (nSPS) is 17.7. The van der Waals surface area contributed by atoms with Crippen molar-refractivity contribution in [1.29, 1.82) is 0 Å². The van der Waals surface area contributed by atoms with Gasteiger partial charge in [-0.2, -0.15) is 0 Å². The van der Waals surface area contributed by atoms with Crippen molar-refractivity contribution in [3.05, 3.63) is 77.4 Å². The van der Waals surface area contributed by atoms with Crippen LogP contribution in [0.2, 0.25) is 0 Å². The third-order valence-corrected chi connectivity index (χ3v) is 6.94. The van der Waals surface area contributed by atoms with Crippen molar-refractivity contribution >= 4 is 5.69 Å². The minimum atomic E-state index is 0.163. The zero-order chi connectivity index (χ0) is 23.8. The third kappa shape index (κ3) is 4.49. The maximum absolute atomic E-state index is 5.63. The minimum absolute atomic E-state index is 0.163. The van der Waals surface area contributed by atoms with Crippen LogP contribution in [0.4, 0.5) is 5.69 Å². The Bertz CT molecular complexity index is 1130. The predicted octanol–water partition coefficient (Wildman–Crippen LogP) is 4.62. The molecule has 0 radical (unpaired) electrons. The second-order valence-corrected chi connectivity index (χ2v) is 9.53. The molecule has 0 aliphatic carbocycles. The Labute approximate surface area is 206 Å². The maximum atomic E-state index is 5.63. The van der Waals surface area contributed by atoms with Crippen LogP contribution in [0.5, 0.6) is 23.0 Å². The Morgan fingerprint density at radius 2 is 1.20 bits per heavy atom. The van der Waals surface area contributed by atoms with Crippen molar-refractivity contribution in [2.45, 2.75) is 25.7 Å². The molecule has 7 heteroatoms. The van der Waals surface area contributed by atoms with Gasteiger partial charge in [-0.05, 0) is 59.5 Å². The van der Waals surface area contributed by atoms with E-state index < -0.39 is 0 Å². The van der Waals surface area contributed by atoms with E-state index in [0.717, 1.165) is 55.6 Å². The van der Waals surface area contributed by atoms with Crippen molar-refractivity contribution in [3.63, 3.8) is 0 Å². The molecule has 1 saturated heterocycles. The second kappa shape index (κ2) is 9.32. The van der Waals surface area contributed by atoms with Gasteiger partial charge < -0.3 is 23.8 Å². The van der Waals surface area contributed by atoms with E-state index in [4.69, 9.17) is 18.9 Å². The molecule has 182 valence electrons. The smallest absolute Gasteiger partial charge is 0.231 e. The van der Waals surface area contributed by atoms with E-state index in [9.17, 15) is 0 Å². The van der Waals surface area contributed by atoms with Gasteiger partial charge in [0.25, 0.3) is 0 Å². The molecule has 3 aromatic carbocycles. The first-order valence-corrected chi connectivity index (χ1v) is 12.2. The van der Waals surface area contributed by atoms with Gasteiger partial charge in [-0.15, -0.1) is 0 Å². The number of anilines is 1. The molecule has 3 aromatic rings. The summed E-state index contributed by atoms with van der Waals surface area (Å²) in [5, 5.41) is 0. The van der Waals surface area contributed by atoms with Crippen molar-refractivity contribution in [2.75, 3.05) is 45.7 Å². The molecule has 35 heavy (non-hydrogen) atoms. The minimum Gasteiger partial charge on any atom is -0.454 e. The highest BCUT2D eigenvalue weighted by molar-refractivity contribution is 5.47. The molecular weight excluding hydrogens is 442 g/mol. The molecule has 3 aliphatic heterocycles. The number of nitrogens with zero attached hydrogens (tertiary/aromatic N) is 3. The van der Waals surface area contributed by atoms with Gasteiger partial charge in [0.05, 0.1) is 6.17 Å². The average molecular weight is 474 g/mol. The zero-order valence-electron chi connectivity index (χ0n) is 20.3. The fourth-order valence-electron chi connectivity index (χ4n) is 5.20. The van der Waals surface area contributed by atoms with Gasteiger partial charge in [0.1, 0.15) is 0 Å². The summed E-state index contributed by atoms with van der Waals surface area (Å²) in [4.78, 5) is 7.27. The molecule has 0 N–H and O–H groups in total. The fourth-order valence-corrected chi connectivity index (χ4v) is 5.20. The summed E-state index contributed by atoms with van der Waals surface area (Å²) in [7, 11) is 4.15. The number of hydrogen-bond acceptors (Lipinski definition) is 7. The summed E-state index contributed by atoms with van der Waals surface area (Å²) in [6.45, 7) is 4.35. The SMILES string of the molecule is CN(C)c1ccc(C2N(Cc3ccc4c(c3)OCO4)CCCN2Cc2ccc3c(c2)OCO3)cc1. The zero-order valence-corrected chi connectivity index (χ0v) is 20.3. The standard InChI is InChI=1S/C28H31N3O4/c1-29(2)23-8-6-22(7-9-23)28-30(16-20-4-10-24-26(14-20)34-18-32-24)12-3-13-31(28)17-21-5-11-25-27(15-21)35-19-33-25/h4-11,14-15,28H,3,12-13,16-19H2,1-2H3. The Morgan fingerprint density at radius 3 is 1.71 bits per heavy atom. The van der Waals surface area contributed by atoms with Crippen molar-refractivity contribution < 1.29 is 18.9 Å². The van der Waals surface area contributed by atoms with E-state index in [1.165, 1.54) is 22.4 Å². The summed E-state index contributed by atoms with van der Waals surface area (Å²) < 4.78 is 22.3. The van der Waals surface area contributed by atoms with Crippen LogP contribution < -0.4 is 23.8 Å². The van der Waals surface area contributed by atoms with Gasteiger partial charge in [0.2, 0.25) is 13.6 Å². The molecule has 0 atom stereocenters. The van der Waals surface area contributed by atoms with Crippen LogP contribution in [0.25, 0.3) is 0 Å². The first-order chi connectivity index (χ1) is 17.1. The van der Waals surface area contributed by atoms with Crippen LogP contribution >= 0.6 is 0 Å². The van der Waals surface area contributed by atoms with Gasteiger partial charge in [-0.25, -0.2) is 0 Å². The lowest BCUT2D eigenvalue weighted by molar-refractivity contribution is -0.00912. The monoisotopic (exact) mass is 473 g/mol. The summed E-state index contributed by atoms with van der Waals surface area (Å²) in [6, 6.07) is 21.5. The Balaban J connectivity index is 1.30. The Morgan fingerprint density at radius 1 is 0.686 bits per heavy atom. The van der Waals surface area contributed by atoms with Gasteiger partial charge in [0.15, 0.2) is 23.0 Å². The van der Waals surface area contributed by atoms with E-state index in [-0.39, 0.29) is 6.17 Å². The van der Waals surface area contributed by atoms with Crippen LogP contribution in [0, 0.1) is 0 Å². The molecule has 3 aliphatic rings.